The molecular formula is C18H24N4O. The Morgan fingerprint density at radius 3 is 2.48 bits per heavy atom. The first-order chi connectivity index (χ1) is 11.1. The molecule has 1 aliphatic carbocycles. The number of hydrogen-bond donors (Lipinski definition) is 2. The highest BCUT2D eigenvalue weighted by Crippen LogP contribution is 2.18. The van der Waals surface area contributed by atoms with Crippen molar-refractivity contribution in [3.05, 3.63) is 36.4 Å². The van der Waals surface area contributed by atoms with E-state index in [1.807, 2.05) is 24.3 Å². The maximum atomic E-state index is 11.2. The van der Waals surface area contributed by atoms with Gasteiger partial charge in [0.05, 0.1) is 23.5 Å². The molecule has 2 N–H and O–H groups in total. The molecule has 5 heteroatoms. The summed E-state index contributed by atoms with van der Waals surface area (Å²) in [6.45, 7) is 8.40. The third-order valence-electron chi connectivity index (χ3n) is 3.86. The van der Waals surface area contributed by atoms with Gasteiger partial charge in [0, 0.05) is 18.8 Å². The second kappa shape index (κ2) is 8.39. The van der Waals surface area contributed by atoms with Gasteiger partial charge in [-0.3, -0.25) is 4.79 Å². The molecule has 0 aromatic heterocycles. The van der Waals surface area contributed by atoms with Crippen molar-refractivity contribution in [1.29, 1.82) is 5.41 Å². The highest BCUT2D eigenvalue weighted by Gasteiger charge is 2.13. The minimum atomic E-state index is -0.0401. The molecule has 0 radical (unpaired) electrons. The molecule has 0 atom stereocenters. The first-order valence-electron chi connectivity index (χ1n) is 8.06. The Labute approximate surface area is 137 Å². The highest BCUT2D eigenvalue weighted by molar-refractivity contribution is 6.50. The summed E-state index contributed by atoms with van der Waals surface area (Å²) >= 11 is 0. The number of ketones is 1. The maximum absolute atomic E-state index is 11.2. The van der Waals surface area contributed by atoms with Crippen LogP contribution in [0.25, 0.3) is 0 Å². The molecular weight excluding hydrogens is 288 g/mol. The number of nitrogens with zero attached hydrogens (tertiary/aromatic N) is 2. The van der Waals surface area contributed by atoms with Crippen molar-refractivity contribution in [3.8, 4) is 0 Å². The van der Waals surface area contributed by atoms with Gasteiger partial charge < -0.3 is 15.6 Å². The summed E-state index contributed by atoms with van der Waals surface area (Å²) in [4.78, 5) is 18.0. The molecule has 0 fully saturated rings. The fourth-order valence-electron chi connectivity index (χ4n) is 2.39. The van der Waals surface area contributed by atoms with Crippen molar-refractivity contribution in [2.24, 2.45) is 4.99 Å². The number of benzene rings is 1. The van der Waals surface area contributed by atoms with E-state index in [1.165, 1.54) is 6.08 Å². The number of rotatable bonds is 7. The predicted octanol–water partition coefficient (Wildman–Crippen LogP) is 3.06. The molecule has 1 aromatic rings. The molecule has 5 nitrogen and oxygen atoms in total. The van der Waals surface area contributed by atoms with Gasteiger partial charge in [-0.2, -0.15) is 0 Å². The average Bonchev–Trinajstić information content (AvgIpc) is 2.56. The lowest BCUT2D eigenvalue weighted by molar-refractivity contribution is -0.113. The van der Waals surface area contributed by atoms with E-state index in [9.17, 15) is 4.79 Å². The Kier molecular flexibility index (Phi) is 6.23. The number of hydrogen-bond acceptors (Lipinski definition) is 5. The summed E-state index contributed by atoms with van der Waals surface area (Å²) in [5.41, 5.74) is 2.69. The molecule has 0 bridgehead atoms. The van der Waals surface area contributed by atoms with Crippen molar-refractivity contribution < 1.29 is 4.79 Å². The van der Waals surface area contributed by atoms with Gasteiger partial charge in [0.15, 0.2) is 5.78 Å². The van der Waals surface area contributed by atoms with Crippen molar-refractivity contribution in [2.75, 3.05) is 31.5 Å². The van der Waals surface area contributed by atoms with Crippen LogP contribution in [0.1, 0.15) is 20.3 Å². The second-order valence-corrected chi connectivity index (χ2v) is 5.45. The number of anilines is 1. The van der Waals surface area contributed by atoms with Crippen LogP contribution in [-0.4, -0.2) is 48.3 Å². The summed E-state index contributed by atoms with van der Waals surface area (Å²) in [6.07, 6.45) is 3.24. The van der Waals surface area contributed by atoms with Crippen LogP contribution in [0, 0.1) is 5.41 Å². The largest absolute Gasteiger partial charge is 0.384 e. The normalized spacial score (nSPS) is 16.4. The van der Waals surface area contributed by atoms with Crippen LogP contribution in [0.3, 0.4) is 0 Å². The molecule has 1 aliphatic rings. The zero-order valence-electron chi connectivity index (χ0n) is 13.8. The topological polar surface area (TPSA) is 68.6 Å². The maximum Gasteiger partial charge on any atom is 0.161 e. The quantitative estimate of drug-likeness (QED) is 0.813. The summed E-state index contributed by atoms with van der Waals surface area (Å²) in [6, 6.07) is 7.82. The molecule has 0 saturated heterocycles. The summed E-state index contributed by atoms with van der Waals surface area (Å²) < 4.78 is 0. The predicted molar refractivity (Wildman–Crippen MR) is 96.3 cm³/mol. The molecule has 0 amide bonds. The van der Waals surface area contributed by atoms with E-state index in [4.69, 9.17) is 5.41 Å². The third-order valence-corrected chi connectivity index (χ3v) is 3.86. The zero-order chi connectivity index (χ0) is 16.7. The fraction of sp³-hybridized carbons (Fsp3) is 0.389. The Morgan fingerprint density at radius 1 is 1.17 bits per heavy atom. The molecule has 23 heavy (non-hydrogen) atoms. The summed E-state index contributed by atoms with van der Waals surface area (Å²) in [5, 5.41) is 11.2. The van der Waals surface area contributed by atoms with Crippen molar-refractivity contribution in [1.82, 2.24) is 4.90 Å². The number of allylic oxidation sites excluding steroid dienone is 2. The molecule has 0 heterocycles. The summed E-state index contributed by atoms with van der Waals surface area (Å²) in [7, 11) is 0. The first-order valence-corrected chi connectivity index (χ1v) is 8.06. The molecule has 122 valence electrons. The van der Waals surface area contributed by atoms with E-state index in [-0.39, 0.29) is 17.9 Å². The van der Waals surface area contributed by atoms with Gasteiger partial charge in [-0.05, 0) is 49.5 Å². The Morgan fingerprint density at radius 2 is 1.87 bits per heavy atom. The van der Waals surface area contributed by atoms with Crippen molar-refractivity contribution in [3.63, 3.8) is 0 Å². The van der Waals surface area contributed by atoms with Crippen LogP contribution >= 0.6 is 0 Å². The molecule has 2 rings (SSSR count). The third kappa shape index (κ3) is 5.14. The van der Waals surface area contributed by atoms with Crippen molar-refractivity contribution >= 4 is 28.6 Å². The lowest BCUT2D eigenvalue weighted by atomic mass is 10.0. The highest BCUT2D eigenvalue weighted by atomic mass is 16.1. The zero-order valence-corrected chi connectivity index (χ0v) is 13.8. The van der Waals surface area contributed by atoms with Crippen LogP contribution in [0.15, 0.2) is 41.4 Å². The van der Waals surface area contributed by atoms with E-state index in [1.54, 1.807) is 6.08 Å². The van der Waals surface area contributed by atoms with Crippen LogP contribution < -0.4 is 5.32 Å². The average molecular weight is 312 g/mol. The smallest absolute Gasteiger partial charge is 0.161 e. The summed E-state index contributed by atoms with van der Waals surface area (Å²) in [5.74, 6) is -0.0401. The Hall–Kier alpha value is -2.27. The fourth-order valence-corrected chi connectivity index (χ4v) is 2.39. The van der Waals surface area contributed by atoms with Crippen LogP contribution in [0.2, 0.25) is 0 Å². The number of carbonyl (C=O) groups is 1. The van der Waals surface area contributed by atoms with Gasteiger partial charge >= 0.3 is 0 Å². The van der Waals surface area contributed by atoms with Gasteiger partial charge in [0.25, 0.3) is 0 Å². The lowest BCUT2D eigenvalue weighted by Crippen LogP contribution is -2.28. The van der Waals surface area contributed by atoms with Gasteiger partial charge in [0.1, 0.15) is 0 Å². The van der Waals surface area contributed by atoms with E-state index >= 15 is 0 Å². The van der Waals surface area contributed by atoms with Gasteiger partial charge in [0.2, 0.25) is 0 Å². The van der Waals surface area contributed by atoms with Gasteiger partial charge in [-0.25, -0.2) is 4.99 Å². The first kappa shape index (κ1) is 17.1. The van der Waals surface area contributed by atoms with Crippen LogP contribution in [-0.2, 0) is 4.79 Å². The number of nitrogens with one attached hydrogen (secondary N) is 2. The number of carbonyl (C=O) groups excluding carboxylic acids is 1. The number of likely N-dealkylation sites (N-methyl/N-ethyl adjacent to an activating group) is 1. The molecule has 1 aromatic carbocycles. The standard InChI is InChI=1S/C18H24N4O/c1-3-22(4-2)12-11-20-14-5-7-15(8-6-14)21-18-10-9-16(23)13-17(18)19/h5-10,19-20H,3-4,11-13H2,1-2H3. The monoisotopic (exact) mass is 312 g/mol. The molecule has 0 spiro atoms. The second-order valence-electron chi connectivity index (χ2n) is 5.45. The number of aliphatic imine (C=N–C) groups is 1. The molecule has 0 aliphatic heterocycles. The van der Waals surface area contributed by atoms with E-state index < -0.39 is 0 Å². The lowest BCUT2D eigenvalue weighted by Gasteiger charge is -2.18. The van der Waals surface area contributed by atoms with Crippen LogP contribution in [0.4, 0.5) is 11.4 Å². The Bertz CT molecular complexity index is 612. The molecule has 0 saturated carbocycles. The minimum absolute atomic E-state index is 0.0401. The SMILES string of the molecule is CCN(CC)CCNc1ccc(N=C2C=CC(=O)CC2=N)cc1. The van der Waals surface area contributed by atoms with Crippen LogP contribution in [0.5, 0.6) is 0 Å². The molecule has 0 unspecified atom stereocenters. The van der Waals surface area contributed by atoms with E-state index in [2.05, 4.69) is 29.1 Å². The van der Waals surface area contributed by atoms with E-state index in [0.717, 1.165) is 37.6 Å². The Balaban J connectivity index is 1.93. The van der Waals surface area contributed by atoms with E-state index in [0.29, 0.717) is 5.71 Å². The van der Waals surface area contributed by atoms with Gasteiger partial charge in [-0.1, -0.05) is 13.8 Å². The van der Waals surface area contributed by atoms with Gasteiger partial charge in [-0.15, -0.1) is 0 Å². The minimum Gasteiger partial charge on any atom is -0.384 e. The van der Waals surface area contributed by atoms with Crippen molar-refractivity contribution in [2.45, 2.75) is 20.3 Å².